The van der Waals surface area contributed by atoms with Gasteiger partial charge in [-0.25, -0.2) is 0 Å². The van der Waals surface area contributed by atoms with Crippen LogP contribution < -0.4 is 4.74 Å². The summed E-state index contributed by atoms with van der Waals surface area (Å²) in [4.78, 5) is 0. The van der Waals surface area contributed by atoms with Gasteiger partial charge >= 0.3 is 0 Å². The molecule has 98 valence electrons. The summed E-state index contributed by atoms with van der Waals surface area (Å²) in [5.41, 5.74) is 3.23. The fourth-order valence-corrected chi connectivity index (χ4v) is 1.91. The third-order valence-electron chi connectivity index (χ3n) is 3.00. The molecule has 19 heavy (non-hydrogen) atoms. The van der Waals surface area contributed by atoms with Gasteiger partial charge in [-0.1, -0.05) is 42.0 Å². The molecular formula is C17H18O2. The van der Waals surface area contributed by atoms with Gasteiger partial charge in [0.2, 0.25) is 0 Å². The van der Waals surface area contributed by atoms with Crippen molar-refractivity contribution < 1.29 is 9.84 Å². The highest BCUT2D eigenvalue weighted by Crippen LogP contribution is 2.19. The van der Waals surface area contributed by atoms with Crippen LogP contribution in [0.3, 0.4) is 0 Å². The Morgan fingerprint density at radius 2 is 1.84 bits per heavy atom. The first-order valence-electron chi connectivity index (χ1n) is 6.28. The van der Waals surface area contributed by atoms with Crippen LogP contribution in [-0.2, 0) is 6.42 Å². The summed E-state index contributed by atoms with van der Waals surface area (Å²) >= 11 is 0. The lowest BCUT2D eigenvalue weighted by molar-refractivity contribution is 0.415. The van der Waals surface area contributed by atoms with Crippen LogP contribution in [0.1, 0.15) is 16.7 Å². The second kappa shape index (κ2) is 6.10. The molecule has 1 N–H and O–H groups in total. The van der Waals surface area contributed by atoms with Gasteiger partial charge in [-0.3, -0.25) is 0 Å². The number of ether oxygens (including phenoxy) is 1. The molecule has 0 aliphatic rings. The average Bonchev–Trinajstić information content (AvgIpc) is 2.43. The van der Waals surface area contributed by atoms with Crippen LogP contribution in [0.2, 0.25) is 0 Å². The molecule has 0 heterocycles. The minimum Gasteiger partial charge on any atom is -0.508 e. The number of phenols is 1. The van der Waals surface area contributed by atoms with E-state index in [2.05, 4.69) is 6.08 Å². The number of hydrogen-bond acceptors (Lipinski definition) is 2. The first kappa shape index (κ1) is 13.2. The number of methoxy groups -OCH3 is 1. The second-order valence-corrected chi connectivity index (χ2v) is 4.51. The number of hydrogen-bond donors (Lipinski definition) is 1. The van der Waals surface area contributed by atoms with Crippen LogP contribution in [0.25, 0.3) is 6.08 Å². The number of aromatic hydroxyl groups is 1. The maximum absolute atomic E-state index is 9.75. The lowest BCUT2D eigenvalue weighted by Crippen LogP contribution is -1.84. The van der Waals surface area contributed by atoms with E-state index in [4.69, 9.17) is 4.74 Å². The molecule has 2 aromatic carbocycles. The standard InChI is InChI=1S/C17H18O2/c1-13-6-11-17(18)15(12-13)5-3-4-14-7-9-16(19-2)10-8-14/h3-4,6-12,18H,5H2,1-2H3. The highest BCUT2D eigenvalue weighted by atomic mass is 16.5. The highest BCUT2D eigenvalue weighted by molar-refractivity contribution is 5.51. The topological polar surface area (TPSA) is 29.5 Å². The van der Waals surface area contributed by atoms with Gasteiger partial charge in [0.25, 0.3) is 0 Å². The Hall–Kier alpha value is -2.22. The number of benzene rings is 2. The van der Waals surface area contributed by atoms with Gasteiger partial charge in [0.1, 0.15) is 11.5 Å². The van der Waals surface area contributed by atoms with E-state index in [1.165, 1.54) is 0 Å². The van der Waals surface area contributed by atoms with E-state index in [1.54, 1.807) is 13.2 Å². The maximum Gasteiger partial charge on any atom is 0.119 e. The van der Waals surface area contributed by atoms with Gasteiger partial charge in [0.15, 0.2) is 0 Å². The van der Waals surface area contributed by atoms with Crippen LogP contribution in [0, 0.1) is 6.92 Å². The van der Waals surface area contributed by atoms with Gasteiger partial charge in [-0.15, -0.1) is 0 Å². The molecule has 2 nitrogen and oxygen atoms in total. The molecule has 2 rings (SSSR count). The molecule has 0 amide bonds. The fraction of sp³-hybridized carbons (Fsp3) is 0.176. The highest BCUT2D eigenvalue weighted by Gasteiger charge is 1.98. The molecule has 0 aliphatic heterocycles. The fourth-order valence-electron chi connectivity index (χ4n) is 1.91. The molecule has 0 radical (unpaired) electrons. The molecule has 0 spiro atoms. The summed E-state index contributed by atoms with van der Waals surface area (Å²) in [7, 11) is 1.66. The molecular weight excluding hydrogens is 236 g/mol. The van der Waals surface area contributed by atoms with Crippen LogP contribution in [0.5, 0.6) is 11.5 Å². The van der Waals surface area contributed by atoms with Crippen LogP contribution in [-0.4, -0.2) is 12.2 Å². The molecule has 0 aromatic heterocycles. The lowest BCUT2D eigenvalue weighted by Gasteiger charge is -2.03. The van der Waals surface area contributed by atoms with E-state index in [-0.39, 0.29) is 0 Å². The van der Waals surface area contributed by atoms with E-state index in [1.807, 2.05) is 49.4 Å². The van der Waals surface area contributed by atoms with Crippen LogP contribution in [0.4, 0.5) is 0 Å². The predicted molar refractivity (Wildman–Crippen MR) is 78.6 cm³/mol. The second-order valence-electron chi connectivity index (χ2n) is 4.51. The SMILES string of the molecule is COc1ccc(C=CCc2cc(C)ccc2O)cc1. The van der Waals surface area contributed by atoms with Gasteiger partial charge in [-0.2, -0.15) is 0 Å². The minimum absolute atomic E-state index is 0.352. The van der Waals surface area contributed by atoms with E-state index in [9.17, 15) is 5.11 Å². The molecule has 2 aromatic rings. The van der Waals surface area contributed by atoms with E-state index >= 15 is 0 Å². The van der Waals surface area contributed by atoms with E-state index in [0.29, 0.717) is 5.75 Å². The quantitative estimate of drug-likeness (QED) is 0.894. The minimum atomic E-state index is 0.352. The zero-order valence-electron chi connectivity index (χ0n) is 11.3. The third kappa shape index (κ3) is 3.62. The van der Waals surface area contributed by atoms with Crippen molar-refractivity contribution in [3.8, 4) is 11.5 Å². The monoisotopic (exact) mass is 254 g/mol. The molecule has 2 heteroatoms. The summed E-state index contributed by atoms with van der Waals surface area (Å²) < 4.78 is 5.11. The Kier molecular flexibility index (Phi) is 4.24. The summed E-state index contributed by atoms with van der Waals surface area (Å²) in [5.74, 6) is 1.21. The molecule has 0 aliphatic carbocycles. The molecule has 0 saturated carbocycles. The lowest BCUT2D eigenvalue weighted by atomic mass is 10.1. The first-order valence-corrected chi connectivity index (χ1v) is 6.28. The number of aryl methyl sites for hydroxylation is 1. The zero-order chi connectivity index (χ0) is 13.7. The summed E-state index contributed by atoms with van der Waals surface area (Å²) in [6, 6.07) is 13.5. The van der Waals surface area contributed by atoms with Gasteiger partial charge < -0.3 is 9.84 Å². The van der Waals surface area contributed by atoms with Gasteiger partial charge in [-0.05, 0) is 42.7 Å². The van der Waals surface area contributed by atoms with E-state index in [0.717, 1.165) is 28.9 Å². The van der Waals surface area contributed by atoms with Gasteiger partial charge in [0, 0.05) is 0 Å². The Morgan fingerprint density at radius 1 is 1.11 bits per heavy atom. The Bertz CT molecular complexity index is 568. The van der Waals surface area contributed by atoms with E-state index < -0.39 is 0 Å². The molecule has 0 atom stereocenters. The number of phenolic OH excluding ortho intramolecular Hbond substituents is 1. The van der Waals surface area contributed by atoms with Gasteiger partial charge in [0.05, 0.1) is 7.11 Å². The van der Waals surface area contributed by atoms with Crippen molar-refractivity contribution in [2.24, 2.45) is 0 Å². The predicted octanol–water partition coefficient (Wildman–Crippen LogP) is 3.97. The van der Waals surface area contributed by atoms with Crippen molar-refractivity contribution in [1.29, 1.82) is 0 Å². The summed E-state index contributed by atoms with van der Waals surface area (Å²) in [6.45, 7) is 2.02. The maximum atomic E-state index is 9.75. The number of rotatable bonds is 4. The third-order valence-corrected chi connectivity index (χ3v) is 3.00. The van der Waals surface area contributed by atoms with Crippen molar-refractivity contribution >= 4 is 6.08 Å². The van der Waals surface area contributed by atoms with Crippen LogP contribution >= 0.6 is 0 Å². The van der Waals surface area contributed by atoms with Crippen LogP contribution in [0.15, 0.2) is 48.5 Å². The molecule has 0 fully saturated rings. The first-order chi connectivity index (χ1) is 9.19. The average molecular weight is 254 g/mol. The Morgan fingerprint density at radius 3 is 2.53 bits per heavy atom. The normalized spacial score (nSPS) is 10.8. The largest absolute Gasteiger partial charge is 0.508 e. The number of allylic oxidation sites excluding steroid dienone is 1. The van der Waals surface area contributed by atoms with Crippen molar-refractivity contribution in [3.05, 3.63) is 65.2 Å². The molecule has 0 saturated heterocycles. The zero-order valence-corrected chi connectivity index (χ0v) is 11.3. The molecule has 0 bridgehead atoms. The van der Waals surface area contributed by atoms with Crippen molar-refractivity contribution in [3.63, 3.8) is 0 Å². The molecule has 0 unspecified atom stereocenters. The summed E-state index contributed by atoms with van der Waals surface area (Å²) in [5, 5.41) is 9.75. The smallest absolute Gasteiger partial charge is 0.119 e. The summed E-state index contributed by atoms with van der Waals surface area (Å²) in [6.07, 6.45) is 4.82. The van der Waals surface area contributed by atoms with Crippen molar-refractivity contribution in [1.82, 2.24) is 0 Å². The Labute approximate surface area is 114 Å². The van der Waals surface area contributed by atoms with Crippen molar-refractivity contribution in [2.75, 3.05) is 7.11 Å². The Balaban J connectivity index is 2.04. The van der Waals surface area contributed by atoms with Crippen molar-refractivity contribution in [2.45, 2.75) is 13.3 Å².